The number of rotatable bonds is 12. The minimum atomic E-state index is -4.70. The van der Waals surface area contributed by atoms with E-state index >= 15 is 0 Å². The van der Waals surface area contributed by atoms with Crippen molar-refractivity contribution in [3.05, 3.63) is 58.2 Å². The van der Waals surface area contributed by atoms with Crippen molar-refractivity contribution in [1.29, 1.82) is 0 Å². The van der Waals surface area contributed by atoms with E-state index in [2.05, 4.69) is 10.1 Å². The minimum Gasteiger partial charge on any atom is -0.481 e. The normalized spacial score (nSPS) is 21.4. The summed E-state index contributed by atoms with van der Waals surface area (Å²) >= 11 is 0. The number of anilines is 1. The molecule has 0 radical (unpaired) electrons. The first-order valence-corrected chi connectivity index (χ1v) is 16.3. The molecular weight excluding hydrogens is 634 g/mol. The fourth-order valence-electron chi connectivity index (χ4n) is 6.94. The fourth-order valence-corrected chi connectivity index (χ4v) is 6.94. The Morgan fingerprint density at radius 3 is 2.44 bits per heavy atom. The van der Waals surface area contributed by atoms with Gasteiger partial charge in [-0.3, -0.25) is 9.69 Å². The molecule has 14 heteroatoms. The van der Waals surface area contributed by atoms with Crippen LogP contribution in [0.1, 0.15) is 92.3 Å². The number of aromatic nitrogens is 3. The van der Waals surface area contributed by atoms with Crippen LogP contribution in [-0.2, 0) is 28.9 Å². The van der Waals surface area contributed by atoms with Crippen molar-refractivity contribution in [2.24, 2.45) is 11.8 Å². The average Bonchev–Trinajstić information content (AvgIpc) is 3.52. The highest BCUT2D eigenvalue weighted by Gasteiger charge is 2.42. The van der Waals surface area contributed by atoms with Crippen LogP contribution in [0, 0.1) is 25.7 Å². The Hall–Kier alpha value is -4.23. The molecule has 2 aliphatic rings. The summed E-state index contributed by atoms with van der Waals surface area (Å²) in [6, 6.07) is 2.24. The highest BCUT2D eigenvalue weighted by atomic mass is 19.4. The first-order chi connectivity index (χ1) is 22.8. The second-order valence-corrected chi connectivity index (χ2v) is 12.9. The third kappa shape index (κ3) is 7.73. The van der Waals surface area contributed by atoms with Gasteiger partial charge in [0.05, 0.1) is 41.3 Å². The molecule has 0 bridgehead atoms. The number of benzene rings is 1. The lowest BCUT2D eigenvalue weighted by molar-refractivity contribution is -0.139. The molecule has 1 aliphatic heterocycles. The number of ether oxygens (including phenoxy) is 1. The Kier molecular flexibility index (Phi) is 10.6. The highest BCUT2D eigenvalue weighted by Crippen LogP contribution is 2.39. The summed E-state index contributed by atoms with van der Waals surface area (Å²) in [4.78, 5) is 37.9. The molecule has 260 valence electrons. The Balaban J connectivity index is 1.47. The largest absolute Gasteiger partial charge is 0.481 e. The highest BCUT2D eigenvalue weighted by molar-refractivity contribution is 5.72. The van der Waals surface area contributed by atoms with Gasteiger partial charge in [-0.25, -0.2) is 19.2 Å². The van der Waals surface area contributed by atoms with Gasteiger partial charge in [0.2, 0.25) is 0 Å². The van der Waals surface area contributed by atoms with E-state index in [1.165, 1.54) is 11.0 Å². The van der Waals surface area contributed by atoms with Gasteiger partial charge in [-0.15, -0.1) is 0 Å². The van der Waals surface area contributed by atoms with Crippen LogP contribution in [0.25, 0.3) is 11.3 Å². The number of cyclic esters (lactones) is 1. The van der Waals surface area contributed by atoms with Crippen molar-refractivity contribution in [2.75, 3.05) is 18.0 Å². The van der Waals surface area contributed by atoms with Gasteiger partial charge in [0.1, 0.15) is 24.2 Å². The topological polar surface area (TPSA) is 122 Å². The quantitative estimate of drug-likeness (QED) is 0.192. The van der Waals surface area contributed by atoms with Gasteiger partial charge in [-0.2, -0.15) is 13.2 Å². The molecule has 48 heavy (non-hydrogen) atoms. The zero-order valence-corrected chi connectivity index (χ0v) is 27.5. The summed E-state index contributed by atoms with van der Waals surface area (Å²) in [6.07, 6.45) is -0.457. The predicted molar refractivity (Wildman–Crippen MR) is 168 cm³/mol. The second-order valence-electron chi connectivity index (χ2n) is 12.9. The number of carboxylic acid groups (broad SMARTS) is 1. The molecule has 1 saturated carbocycles. The first-order valence-electron chi connectivity index (χ1n) is 16.3. The van der Waals surface area contributed by atoms with Crippen LogP contribution in [0.15, 0.2) is 28.9 Å². The van der Waals surface area contributed by atoms with E-state index in [0.29, 0.717) is 53.2 Å². The number of hydrogen-bond donors (Lipinski definition) is 1. The lowest BCUT2D eigenvalue weighted by Gasteiger charge is -2.34. The lowest BCUT2D eigenvalue weighted by atomic mass is 9.80. The molecule has 2 fully saturated rings. The third-order valence-corrected chi connectivity index (χ3v) is 9.35. The van der Waals surface area contributed by atoms with Crippen LogP contribution < -0.4 is 4.90 Å². The van der Waals surface area contributed by atoms with Crippen molar-refractivity contribution in [1.82, 2.24) is 20.0 Å². The zero-order chi connectivity index (χ0) is 34.7. The molecule has 1 unspecified atom stereocenters. The Labute approximate surface area is 276 Å². The summed E-state index contributed by atoms with van der Waals surface area (Å²) in [6.45, 7) is 7.45. The summed E-state index contributed by atoms with van der Waals surface area (Å²) in [7, 11) is 0. The van der Waals surface area contributed by atoms with Crippen LogP contribution >= 0.6 is 0 Å². The number of carbonyl (C=O) groups is 2. The monoisotopic (exact) mass is 675 g/mol. The molecule has 3 aromatic rings. The number of hydrogen-bond acceptors (Lipinski definition) is 8. The van der Waals surface area contributed by atoms with Gasteiger partial charge < -0.3 is 19.3 Å². The van der Waals surface area contributed by atoms with E-state index in [-0.39, 0.29) is 30.0 Å². The number of alkyl halides is 4. The van der Waals surface area contributed by atoms with E-state index in [1.54, 1.807) is 27.0 Å². The number of aryl methyl sites for hydroxylation is 2. The zero-order valence-electron chi connectivity index (χ0n) is 27.5. The van der Waals surface area contributed by atoms with E-state index < -0.39 is 42.6 Å². The maximum atomic E-state index is 13.6. The second kappa shape index (κ2) is 14.5. The molecule has 2 aromatic heterocycles. The Morgan fingerprint density at radius 1 is 1.12 bits per heavy atom. The molecule has 1 aliphatic carbocycles. The third-order valence-electron chi connectivity index (χ3n) is 9.35. The van der Waals surface area contributed by atoms with E-state index in [4.69, 9.17) is 19.2 Å². The van der Waals surface area contributed by atoms with Crippen molar-refractivity contribution in [3.8, 4) is 11.3 Å². The molecule has 1 saturated heterocycles. The summed E-state index contributed by atoms with van der Waals surface area (Å²) < 4.78 is 65.5. The van der Waals surface area contributed by atoms with E-state index in [1.807, 2.05) is 6.92 Å². The first kappa shape index (κ1) is 35.1. The molecule has 5 rings (SSSR count). The number of nitrogens with zero attached hydrogens (tertiary/aromatic N) is 5. The van der Waals surface area contributed by atoms with Gasteiger partial charge in [-0.1, -0.05) is 12.1 Å². The maximum Gasteiger partial charge on any atom is 0.416 e. The Bertz CT molecular complexity index is 1600. The summed E-state index contributed by atoms with van der Waals surface area (Å²) in [5.41, 5.74) is 1.15. The van der Waals surface area contributed by atoms with Crippen LogP contribution in [0.2, 0.25) is 0 Å². The molecule has 1 aromatic carbocycles. The van der Waals surface area contributed by atoms with E-state index in [9.17, 15) is 32.3 Å². The molecular formula is C34H41F4N5O5. The molecule has 1 N–H and O–H groups in total. The van der Waals surface area contributed by atoms with Gasteiger partial charge in [0.25, 0.3) is 0 Å². The van der Waals surface area contributed by atoms with Crippen LogP contribution in [0.5, 0.6) is 0 Å². The number of aliphatic carboxylic acids is 1. The van der Waals surface area contributed by atoms with Crippen LogP contribution in [0.3, 0.4) is 0 Å². The molecule has 10 nitrogen and oxygen atoms in total. The fraction of sp³-hybridized carbons (Fsp3) is 0.559. The van der Waals surface area contributed by atoms with Gasteiger partial charge in [0, 0.05) is 19.5 Å². The summed E-state index contributed by atoms with van der Waals surface area (Å²) in [5.74, 6) is 0.811. The van der Waals surface area contributed by atoms with Gasteiger partial charge >= 0.3 is 18.2 Å². The smallest absolute Gasteiger partial charge is 0.416 e. The van der Waals surface area contributed by atoms with Crippen molar-refractivity contribution in [2.45, 2.75) is 97.8 Å². The number of carboxylic acids is 1. The average molecular weight is 676 g/mol. The van der Waals surface area contributed by atoms with Gasteiger partial charge in [0.15, 0.2) is 5.82 Å². The number of amides is 1. The van der Waals surface area contributed by atoms with Crippen molar-refractivity contribution in [3.63, 3.8) is 0 Å². The van der Waals surface area contributed by atoms with E-state index in [0.717, 1.165) is 44.2 Å². The van der Waals surface area contributed by atoms with Gasteiger partial charge in [-0.05, 0) is 94.0 Å². The number of carbonyl (C=O) groups excluding carboxylic acids is 1. The van der Waals surface area contributed by atoms with Crippen molar-refractivity contribution >= 4 is 17.9 Å². The summed E-state index contributed by atoms with van der Waals surface area (Å²) in [5, 5.41) is 13.3. The van der Waals surface area contributed by atoms with Crippen LogP contribution in [0.4, 0.5) is 28.2 Å². The SMILES string of the molecule is CCCN(C[C@H]1CC[C@H](CC(=O)O)CC1)c1ncc(-c2c(C)noc2C)nc1CN1C(=O)OC(c2cc(CF)cc(C(F)(F)F)c2)[C@@H]1C. The van der Waals surface area contributed by atoms with Crippen molar-refractivity contribution < 1.29 is 41.5 Å². The Morgan fingerprint density at radius 2 is 1.83 bits per heavy atom. The van der Waals surface area contributed by atoms with Crippen LogP contribution in [-0.4, -0.2) is 56.3 Å². The minimum absolute atomic E-state index is 0.0451. The standard InChI is InChI=1S/C34H41F4N5O5/c1-5-10-42(17-23-8-6-22(7-9-23)13-29(44)45)32-28(40-27(16-39-32)30-19(2)41-48-21(30)4)18-43-20(3)31(47-33(43)46)25-11-24(15-35)12-26(14-25)34(36,37)38/h11-12,14,16,20,22-23,31H,5-10,13,15,17-18H2,1-4H3,(H,44,45)/t20-,22-,23-,31?/m0/s1. The molecule has 1 amide bonds. The molecule has 2 atom stereocenters. The molecule has 3 heterocycles. The maximum absolute atomic E-state index is 13.6. The number of halogens is 4. The molecule has 0 spiro atoms. The lowest BCUT2D eigenvalue weighted by Crippen LogP contribution is -2.36. The predicted octanol–water partition coefficient (Wildman–Crippen LogP) is 7.82.